The second-order valence-corrected chi connectivity index (χ2v) is 8.80. The fourth-order valence-corrected chi connectivity index (χ4v) is 3.84. The molecule has 0 aliphatic heterocycles. The van der Waals surface area contributed by atoms with Gasteiger partial charge in [0.05, 0.1) is 11.4 Å². The van der Waals surface area contributed by atoms with E-state index in [1.54, 1.807) is 13.0 Å². The Morgan fingerprint density at radius 3 is 2.56 bits per heavy atom. The van der Waals surface area contributed by atoms with Crippen molar-refractivity contribution in [1.29, 1.82) is 0 Å². The van der Waals surface area contributed by atoms with Gasteiger partial charge in [-0.25, -0.2) is 8.42 Å². The number of nitrogens with one attached hydrogen (secondary N) is 2. The number of hydrogen-bond acceptors (Lipinski definition) is 6. The van der Waals surface area contributed by atoms with Gasteiger partial charge in [0.15, 0.2) is 6.10 Å². The van der Waals surface area contributed by atoms with Crippen LogP contribution in [0.2, 0.25) is 0 Å². The molecule has 0 spiro atoms. The molecule has 1 aromatic carbocycles. The Labute approximate surface area is 162 Å². The van der Waals surface area contributed by atoms with Crippen LogP contribution in [0.4, 0.5) is 0 Å². The van der Waals surface area contributed by atoms with E-state index in [1.807, 2.05) is 24.4 Å². The van der Waals surface area contributed by atoms with E-state index < -0.39 is 34.5 Å². The highest BCUT2D eigenvalue weighted by molar-refractivity contribution is 7.89. The Morgan fingerprint density at radius 1 is 1.19 bits per heavy atom. The minimum absolute atomic E-state index is 0.0696. The number of carbonyl (C=O) groups excluding carboxylic acids is 2. The second kappa shape index (κ2) is 9.12. The van der Waals surface area contributed by atoms with Gasteiger partial charge in [0.2, 0.25) is 10.0 Å². The van der Waals surface area contributed by atoms with Crippen LogP contribution in [0.3, 0.4) is 0 Å². The zero-order valence-corrected chi connectivity index (χ0v) is 16.9. The van der Waals surface area contributed by atoms with Crippen LogP contribution in [-0.2, 0) is 30.9 Å². The van der Waals surface area contributed by atoms with Crippen molar-refractivity contribution >= 4 is 33.2 Å². The van der Waals surface area contributed by atoms with Crippen LogP contribution in [-0.4, -0.2) is 32.9 Å². The van der Waals surface area contributed by atoms with Crippen molar-refractivity contribution in [3.63, 3.8) is 0 Å². The molecule has 0 saturated carbocycles. The average Bonchev–Trinajstić information content (AvgIpc) is 3.13. The molecule has 1 aromatic heterocycles. The summed E-state index contributed by atoms with van der Waals surface area (Å²) < 4.78 is 31.7. The lowest BCUT2D eigenvalue weighted by Gasteiger charge is -2.14. The largest absolute Gasteiger partial charge is 0.452 e. The van der Waals surface area contributed by atoms with E-state index in [0.29, 0.717) is 6.54 Å². The number of carbonyl (C=O) groups is 2. The Bertz CT molecular complexity index is 908. The Morgan fingerprint density at radius 2 is 1.93 bits per heavy atom. The highest BCUT2D eigenvalue weighted by atomic mass is 32.2. The summed E-state index contributed by atoms with van der Waals surface area (Å²) in [6.07, 6.45) is -1.02. The van der Waals surface area contributed by atoms with E-state index in [2.05, 4.69) is 10.0 Å². The van der Waals surface area contributed by atoms with Gasteiger partial charge >= 0.3 is 5.97 Å². The third kappa shape index (κ3) is 6.16. The Kier molecular flexibility index (Phi) is 7.11. The molecule has 0 radical (unpaired) electrons. The number of aryl methyl sites for hydroxylation is 2. The van der Waals surface area contributed by atoms with E-state index in [9.17, 15) is 18.0 Å². The van der Waals surface area contributed by atoms with Crippen LogP contribution < -0.4 is 10.0 Å². The summed E-state index contributed by atoms with van der Waals surface area (Å²) in [4.78, 5) is 24.9. The van der Waals surface area contributed by atoms with Crippen molar-refractivity contribution in [2.75, 3.05) is 6.54 Å². The number of esters is 1. The molecule has 0 unspecified atom stereocenters. The van der Waals surface area contributed by atoms with Crippen molar-refractivity contribution in [3.8, 4) is 0 Å². The van der Waals surface area contributed by atoms with Crippen LogP contribution in [0, 0.1) is 13.8 Å². The summed E-state index contributed by atoms with van der Waals surface area (Å²) >= 11 is 1.50. The molecule has 2 N–H and O–H groups in total. The highest BCUT2D eigenvalue weighted by Crippen LogP contribution is 2.14. The first-order chi connectivity index (χ1) is 12.7. The standard InChI is InChI=1S/C18H22N2O5S2/c1-12-6-7-16(9-13(12)2)27(23,24)20-11-17(21)25-14(3)18(22)19-10-15-5-4-8-26-15/h4-9,14,20H,10-11H2,1-3H3,(H,19,22)/t14-/m0/s1. The van der Waals surface area contributed by atoms with Crippen LogP contribution in [0.1, 0.15) is 22.9 Å². The molecule has 146 valence electrons. The van der Waals surface area contributed by atoms with Gasteiger partial charge in [0, 0.05) is 4.88 Å². The monoisotopic (exact) mass is 410 g/mol. The summed E-state index contributed by atoms with van der Waals surface area (Å²) in [5, 5.41) is 4.55. The van der Waals surface area contributed by atoms with Gasteiger partial charge in [-0.2, -0.15) is 4.72 Å². The molecule has 1 atom stereocenters. The predicted molar refractivity (Wildman–Crippen MR) is 103 cm³/mol. The van der Waals surface area contributed by atoms with Crippen molar-refractivity contribution in [1.82, 2.24) is 10.0 Å². The molecule has 0 bridgehead atoms. The summed E-state index contributed by atoms with van der Waals surface area (Å²) in [5.74, 6) is -1.28. The molecule has 0 saturated heterocycles. The van der Waals surface area contributed by atoms with Crippen LogP contribution in [0.15, 0.2) is 40.6 Å². The quantitative estimate of drug-likeness (QED) is 0.647. The summed E-state index contributed by atoms with van der Waals surface area (Å²) in [5.41, 5.74) is 1.80. The molecule has 0 aliphatic carbocycles. The van der Waals surface area contributed by atoms with E-state index in [0.717, 1.165) is 16.0 Å². The van der Waals surface area contributed by atoms with Crippen molar-refractivity contribution < 1.29 is 22.7 Å². The smallest absolute Gasteiger partial charge is 0.321 e. The zero-order chi connectivity index (χ0) is 20.0. The maximum atomic E-state index is 12.3. The lowest BCUT2D eigenvalue weighted by atomic mass is 10.1. The second-order valence-electron chi connectivity index (χ2n) is 6.00. The van der Waals surface area contributed by atoms with E-state index in [1.165, 1.54) is 30.4 Å². The van der Waals surface area contributed by atoms with Gasteiger partial charge in [0.25, 0.3) is 5.91 Å². The number of rotatable bonds is 8. The molecule has 2 aromatic rings. The summed E-state index contributed by atoms with van der Waals surface area (Å²) in [7, 11) is -3.84. The minimum atomic E-state index is -3.84. The first-order valence-corrected chi connectivity index (χ1v) is 10.6. The molecule has 1 heterocycles. The number of thiophene rings is 1. The predicted octanol–water partition coefficient (Wildman–Crippen LogP) is 1.89. The first-order valence-electron chi connectivity index (χ1n) is 8.25. The highest BCUT2D eigenvalue weighted by Gasteiger charge is 2.20. The number of amides is 1. The molecule has 1 amide bonds. The molecule has 27 heavy (non-hydrogen) atoms. The number of hydrogen-bond donors (Lipinski definition) is 2. The van der Waals surface area contributed by atoms with Gasteiger partial charge in [-0.1, -0.05) is 12.1 Å². The van der Waals surface area contributed by atoms with Crippen LogP contribution in [0.25, 0.3) is 0 Å². The topological polar surface area (TPSA) is 102 Å². The van der Waals surface area contributed by atoms with Crippen molar-refractivity contribution in [3.05, 3.63) is 51.7 Å². The van der Waals surface area contributed by atoms with Gasteiger partial charge < -0.3 is 10.1 Å². The molecule has 0 fully saturated rings. The molecular formula is C18H22N2O5S2. The Balaban J connectivity index is 1.83. The maximum Gasteiger partial charge on any atom is 0.321 e. The van der Waals surface area contributed by atoms with Crippen molar-refractivity contribution in [2.45, 2.75) is 38.3 Å². The molecule has 0 aliphatic rings. The average molecular weight is 411 g/mol. The lowest BCUT2D eigenvalue weighted by Crippen LogP contribution is -2.38. The molecule has 7 nitrogen and oxygen atoms in total. The summed E-state index contributed by atoms with van der Waals surface area (Å²) in [6.45, 7) is 4.90. The third-order valence-corrected chi connectivity index (χ3v) is 6.16. The number of sulfonamides is 1. The van der Waals surface area contributed by atoms with Crippen molar-refractivity contribution in [2.24, 2.45) is 0 Å². The SMILES string of the molecule is Cc1ccc(S(=O)(=O)NCC(=O)O[C@@H](C)C(=O)NCc2cccs2)cc1C. The van der Waals surface area contributed by atoms with Crippen LogP contribution in [0.5, 0.6) is 0 Å². The van der Waals surface area contributed by atoms with Crippen LogP contribution >= 0.6 is 11.3 Å². The van der Waals surface area contributed by atoms with E-state index >= 15 is 0 Å². The lowest BCUT2D eigenvalue weighted by molar-refractivity contribution is -0.153. The maximum absolute atomic E-state index is 12.3. The van der Waals surface area contributed by atoms with Gasteiger partial charge in [-0.15, -0.1) is 11.3 Å². The molecule has 2 rings (SSSR count). The molecule has 9 heteroatoms. The van der Waals surface area contributed by atoms with E-state index in [-0.39, 0.29) is 4.90 Å². The fourth-order valence-electron chi connectivity index (χ4n) is 2.14. The van der Waals surface area contributed by atoms with Gasteiger partial charge in [-0.05, 0) is 55.5 Å². The van der Waals surface area contributed by atoms with E-state index in [4.69, 9.17) is 4.74 Å². The third-order valence-electron chi connectivity index (χ3n) is 3.89. The minimum Gasteiger partial charge on any atom is -0.452 e. The number of ether oxygens (including phenoxy) is 1. The normalized spacial score (nSPS) is 12.4. The fraction of sp³-hybridized carbons (Fsp3) is 0.333. The zero-order valence-electron chi connectivity index (χ0n) is 15.3. The van der Waals surface area contributed by atoms with Gasteiger partial charge in [-0.3, -0.25) is 9.59 Å². The first kappa shape index (κ1) is 21.1. The summed E-state index contributed by atoms with van der Waals surface area (Å²) in [6, 6.07) is 8.45. The molecular weight excluding hydrogens is 388 g/mol. The Hall–Kier alpha value is -2.23. The van der Waals surface area contributed by atoms with Gasteiger partial charge in [0.1, 0.15) is 6.54 Å². The number of benzene rings is 1.